The minimum absolute atomic E-state index is 0.0243. The van der Waals surface area contributed by atoms with Crippen molar-refractivity contribution in [2.45, 2.75) is 39.3 Å². The lowest BCUT2D eigenvalue weighted by Gasteiger charge is -2.18. The molecule has 0 aliphatic rings. The topological polar surface area (TPSA) is 129 Å². The van der Waals surface area contributed by atoms with Gasteiger partial charge in [0.1, 0.15) is 12.4 Å². The molecule has 0 spiro atoms. The summed E-state index contributed by atoms with van der Waals surface area (Å²) in [5, 5.41) is 12.5. The van der Waals surface area contributed by atoms with Gasteiger partial charge in [-0.3, -0.25) is 14.9 Å². The lowest BCUT2D eigenvalue weighted by molar-refractivity contribution is -0.385. The van der Waals surface area contributed by atoms with Gasteiger partial charge in [-0.25, -0.2) is 4.98 Å². The summed E-state index contributed by atoms with van der Waals surface area (Å²) in [6.45, 7) is 9.25. The van der Waals surface area contributed by atoms with E-state index in [1.54, 1.807) is 37.5 Å². The number of rotatable bonds is 9. The van der Waals surface area contributed by atoms with Crippen LogP contribution in [0.1, 0.15) is 15.9 Å². The molecule has 3 heterocycles. The first-order valence-corrected chi connectivity index (χ1v) is 15.1. The van der Waals surface area contributed by atoms with E-state index in [1.807, 2.05) is 16.7 Å². The number of benzene rings is 1. The molecule has 0 atom stereocenters. The number of aromatic nitrogens is 3. The van der Waals surface area contributed by atoms with Gasteiger partial charge < -0.3 is 20.0 Å². The molecular weight excluding hydrogens is 462 g/mol. The molecule has 182 valence electrons. The Kier molecular flexibility index (Phi) is 6.59. The lowest BCUT2D eigenvalue weighted by atomic mass is 10.0. The number of ether oxygens (including phenoxy) is 1. The zero-order chi connectivity index (χ0) is 25.3. The molecule has 0 radical (unpaired) electrons. The predicted molar refractivity (Wildman–Crippen MR) is 139 cm³/mol. The van der Waals surface area contributed by atoms with Gasteiger partial charge in [-0.1, -0.05) is 31.8 Å². The molecule has 35 heavy (non-hydrogen) atoms. The number of carbonyl (C=O) groups is 1. The maximum atomic E-state index is 12.6. The first-order valence-electron chi connectivity index (χ1n) is 11.4. The summed E-state index contributed by atoms with van der Waals surface area (Å²) in [7, 11) is -1.31. The van der Waals surface area contributed by atoms with Crippen LogP contribution < -0.4 is 5.73 Å². The van der Waals surface area contributed by atoms with Gasteiger partial charge in [0, 0.05) is 55.2 Å². The Morgan fingerprint density at radius 2 is 2.00 bits per heavy atom. The first kappa shape index (κ1) is 24.4. The number of fused-ring (bicyclic) bond motifs is 1. The summed E-state index contributed by atoms with van der Waals surface area (Å²) >= 11 is 0. The highest BCUT2D eigenvalue weighted by Crippen LogP contribution is 2.37. The Hall–Kier alpha value is -3.76. The van der Waals surface area contributed by atoms with Crippen LogP contribution in [0.15, 0.2) is 48.8 Å². The molecule has 0 fully saturated rings. The molecule has 3 aromatic heterocycles. The van der Waals surface area contributed by atoms with E-state index < -0.39 is 18.9 Å². The molecule has 0 aliphatic carbocycles. The van der Waals surface area contributed by atoms with E-state index in [4.69, 9.17) is 10.5 Å². The Morgan fingerprint density at radius 3 is 2.69 bits per heavy atom. The number of pyridine rings is 1. The van der Waals surface area contributed by atoms with Gasteiger partial charge in [0.2, 0.25) is 0 Å². The molecule has 1 amide bonds. The van der Waals surface area contributed by atoms with Crippen molar-refractivity contribution < 1.29 is 14.5 Å². The van der Waals surface area contributed by atoms with E-state index in [2.05, 4.69) is 29.6 Å². The highest BCUT2D eigenvalue weighted by Gasteiger charge is 2.24. The molecule has 0 saturated heterocycles. The Bertz CT molecular complexity index is 1420. The van der Waals surface area contributed by atoms with Crippen molar-refractivity contribution in [1.29, 1.82) is 0 Å². The number of nitrogens with zero attached hydrogens (tertiary/aromatic N) is 3. The molecule has 4 aromatic rings. The van der Waals surface area contributed by atoms with Crippen LogP contribution in [0.25, 0.3) is 33.5 Å². The Balaban J connectivity index is 1.92. The maximum absolute atomic E-state index is 12.6. The molecule has 3 N–H and O–H groups in total. The van der Waals surface area contributed by atoms with Crippen LogP contribution in [0.5, 0.6) is 0 Å². The van der Waals surface area contributed by atoms with Gasteiger partial charge in [0.25, 0.3) is 11.6 Å². The van der Waals surface area contributed by atoms with Crippen molar-refractivity contribution in [3.05, 3.63) is 70.0 Å². The van der Waals surface area contributed by atoms with Crippen molar-refractivity contribution >= 4 is 30.7 Å². The van der Waals surface area contributed by atoms with Crippen LogP contribution in [0.4, 0.5) is 5.69 Å². The predicted octanol–water partition coefficient (Wildman–Crippen LogP) is 5.33. The lowest BCUT2D eigenvalue weighted by Crippen LogP contribution is -2.22. The summed E-state index contributed by atoms with van der Waals surface area (Å²) in [6, 6.07) is 11.4. The van der Waals surface area contributed by atoms with Crippen LogP contribution in [0.2, 0.25) is 25.7 Å². The van der Waals surface area contributed by atoms with Gasteiger partial charge in [-0.05, 0) is 31.2 Å². The second-order valence-corrected chi connectivity index (χ2v) is 15.4. The minimum Gasteiger partial charge on any atom is -0.366 e. The van der Waals surface area contributed by atoms with E-state index in [9.17, 15) is 14.9 Å². The third kappa shape index (κ3) is 5.03. The maximum Gasteiger partial charge on any atom is 0.272 e. The fraction of sp³-hybridized carbons (Fsp3) is 0.280. The number of nitro benzene ring substituents is 1. The Labute approximate surface area is 204 Å². The summed E-state index contributed by atoms with van der Waals surface area (Å²) in [6.07, 6.45) is 3.50. The highest BCUT2D eigenvalue weighted by atomic mass is 28.3. The van der Waals surface area contributed by atoms with Crippen molar-refractivity contribution in [3.8, 4) is 22.5 Å². The van der Waals surface area contributed by atoms with Crippen LogP contribution in [0.3, 0.4) is 0 Å². The molecule has 1 aromatic carbocycles. The number of hydrogen-bond donors (Lipinski definition) is 2. The fourth-order valence-electron chi connectivity index (χ4n) is 4.08. The number of aromatic amines is 1. The van der Waals surface area contributed by atoms with Crippen LogP contribution >= 0.6 is 0 Å². The third-order valence-corrected chi connectivity index (χ3v) is 7.70. The number of primary amides is 1. The van der Waals surface area contributed by atoms with E-state index in [0.29, 0.717) is 29.1 Å². The second-order valence-electron chi connectivity index (χ2n) is 9.79. The number of nitro groups is 1. The van der Waals surface area contributed by atoms with E-state index in [-0.39, 0.29) is 18.0 Å². The summed E-state index contributed by atoms with van der Waals surface area (Å²) in [5.41, 5.74) is 9.88. The second kappa shape index (κ2) is 9.47. The van der Waals surface area contributed by atoms with Crippen LogP contribution in [-0.4, -0.2) is 40.0 Å². The molecule has 4 rings (SSSR count). The van der Waals surface area contributed by atoms with E-state index in [1.165, 1.54) is 6.07 Å². The first-order chi connectivity index (χ1) is 16.6. The fourth-order valence-corrected chi connectivity index (χ4v) is 4.83. The number of aryl methyl sites for hydroxylation is 1. The largest absolute Gasteiger partial charge is 0.366 e. The average Bonchev–Trinajstić information content (AvgIpc) is 3.41. The monoisotopic (exact) mass is 491 g/mol. The van der Waals surface area contributed by atoms with Crippen LogP contribution in [0, 0.1) is 17.0 Å². The van der Waals surface area contributed by atoms with Crippen molar-refractivity contribution in [2.24, 2.45) is 5.73 Å². The molecular formula is C25H29N5O4Si. The number of carbonyl (C=O) groups excluding carboxylic acids is 1. The van der Waals surface area contributed by atoms with Crippen LogP contribution in [-0.2, 0) is 11.5 Å². The number of nitrogens with one attached hydrogen (secondary N) is 1. The summed E-state index contributed by atoms with van der Waals surface area (Å²) in [4.78, 5) is 31.3. The Morgan fingerprint density at radius 1 is 1.23 bits per heavy atom. The van der Waals surface area contributed by atoms with Crippen molar-refractivity contribution in [2.75, 3.05) is 6.61 Å². The molecule has 0 unspecified atom stereocenters. The summed E-state index contributed by atoms with van der Waals surface area (Å²) < 4.78 is 7.97. The number of amides is 1. The highest BCUT2D eigenvalue weighted by molar-refractivity contribution is 6.76. The van der Waals surface area contributed by atoms with Gasteiger partial charge in [-0.15, -0.1) is 0 Å². The summed E-state index contributed by atoms with van der Waals surface area (Å²) in [5.74, 6) is -0.621. The van der Waals surface area contributed by atoms with Gasteiger partial charge in [-0.2, -0.15) is 0 Å². The molecule has 0 bridgehead atoms. The minimum atomic E-state index is -1.31. The van der Waals surface area contributed by atoms with Crippen molar-refractivity contribution in [1.82, 2.24) is 14.5 Å². The zero-order valence-electron chi connectivity index (χ0n) is 20.3. The number of nitrogens with two attached hydrogens (primary N) is 1. The third-order valence-electron chi connectivity index (χ3n) is 5.99. The van der Waals surface area contributed by atoms with E-state index >= 15 is 0 Å². The molecule has 9 nitrogen and oxygen atoms in total. The zero-order valence-corrected chi connectivity index (χ0v) is 21.3. The molecule has 0 saturated carbocycles. The molecule has 0 aliphatic heterocycles. The van der Waals surface area contributed by atoms with Gasteiger partial charge in [0.05, 0.1) is 21.9 Å². The smallest absolute Gasteiger partial charge is 0.272 e. The van der Waals surface area contributed by atoms with Crippen molar-refractivity contribution in [3.63, 3.8) is 0 Å². The van der Waals surface area contributed by atoms with E-state index in [0.717, 1.165) is 22.7 Å². The SMILES string of the molecule is Cc1ccc(-c2c(C(N)=O)cc(-c3ccnc4[nH]ccc34)n2COCC[Si](C)(C)C)cc1[N+](=O)[O-]. The standard InChI is InChI=1S/C25H29N5O4Si/c1-16-5-6-17(13-21(16)30(32)33)23-20(24(26)31)14-22(29(23)15-34-11-12-35(2,3)4)18-7-9-27-25-19(18)8-10-28-25/h5-10,13-14H,11-12,15H2,1-4H3,(H2,26,31)(H,27,28). The number of H-pyrrole nitrogens is 1. The number of hydrogen-bond acceptors (Lipinski definition) is 5. The average molecular weight is 492 g/mol. The van der Waals surface area contributed by atoms with Gasteiger partial charge in [0.15, 0.2) is 0 Å². The quantitative estimate of drug-likeness (QED) is 0.142. The molecule has 10 heteroatoms. The normalized spacial score (nSPS) is 11.8. The van der Waals surface area contributed by atoms with Gasteiger partial charge >= 0.3 is 0 Å².